The number of phenols is 4. The van der Waals surface area contributed by atoms with Crippen molar-refractivity contribution in [2.24, 2.45) is 0 Å². The van der Waals surface area contributed by atoms with Gasteiger partial charge in [0.15, 0.2) is 23.0 Å². The van der Waals surface area contributed by atoms with Crippen LogP contribution in [0.3, 0.4) is 0 Å². The zero-order chi connectivity index (χ0) is 14.7. The van der Waals surface area contributed by atoms with Crippen molar-refractivity contribution in [2.75, 3.05) is 0 Å². The minimum atomic E-state index is -0.483. The molecule has 6 heteroatoms. The third-order valence-corrected chi connectivity index (χ3v) is 2.78. The van der Waals surface area contributed by atoms with E-state index in [0.29, 0.717) is 5.56 Å². The molecule has 0 spiro atoms. The predicted molar refractivity (Wildman–Crippen MR) is 70.7 cm³/mol. The van der Waals surface area contributed by atoms with Crippen molar-refractivity contribution >= 4 is 5.91 Å². The van der Waals surface area contributed by atoms with Crippen LogP contribution in [-0.2, 0) is 6.54 Å². The first-order valence-corrected chi connectivity index (χ1v) is 5.79. The maximum absolute atomic E-state index is 11.8. The van der Waals surface area contributed by atoms with E-state index in [4.69, 9.17) is 5.11 Å². The zero-order valence-electron chi connectivity index (χ0n) is 10.4. The summed E-state index contributed by atoms with van der Waals surface area (Å²) in [6, 6.07) is 8.13. The summed E-state index contributed by atoms with van der Waals surface area (Å²) >= 11 is 0. The zero-order valence-corrected chi connectivity index (χ0v) is 10.4. The highest BCUT2D eigenvalue weighted by Crippen LogP contribution is 2.28. The molecule has 6 nitrogen and oxygen atoms in total. The molecule has 0 aliphatic heterocycles. The molecule has 104 valence electrons. The van der Waals surface area contributed by atoms with Crippen LogP contribution in [0.25, 0.3) is 0 Å². The van der Waals surface area contributed by atoms with E-state index < -0.39 is 11.7 Å². The van der Waals surface area contributed by atoms with Crippen molar-refractivity contribution in [3.63, 3.8) is 0 Å². The number of carbonyl (C=O) groups excluding carboxylic acids is 1. The molecule has 5 N–H and O–H groups in total. The second kappa shape index (κ2) is 5.40. The normalized spacial score (nSPS) is 10.2. The average molecular weight is 275 g/mol. The number of hydrogen-bond acceptors (Lipinski definition) is 5. The number of phenolic OH excluding ortho intramolecular Hbond substituents is 4. The van der Waals surface area contributed by atoms with E-state index in [1.165, 1.54) is 18.2 Å². The molecule has 0 atom stereocenters. The van der Waals surface area contributed by atoms with Gasteiger partial charge in [0.05, 0.1) is 0 Å². The summed E-state index contributed by atoms with van der Waals surface area (Å²) in [6.45, 7) is 0.0146. The highest BCUT2D eigenvalue weighted by molar-refractivity contribution is 5.94. The first kappa shape index (κ1) is 13.5. The molecule has 0 unspecified atom stereocenters. The van der Waals surface area contributed by atoms with Crippen molar-refractivity contribution in [2.45, 2.75) is 6.54 Å². The van der Waals surface area contributed by atoms with Crippen LogP contribution < -0.4 is 5.32 Å². The van der Waals surface area contributed by atoms with Crippen molar-refractivity contribution < 1.29 is 25.2 Å². The van der Waals surface area contributed by atoms with Crippen molar-refractivity contribution in [1.29, 1.82) is 0 Å². The minimum absolute atomic E-state index is 0.0146. The molecule has 0 saturated heterocycles. The number of rotatable bonds is 3. The molecule has 0 heterocycles. The Balaban J connectivity index is 2.08. The Labute approximate surface area is 114 Å². The van der Waals surface area contributed by atoms with Gasteiger partial charge in [0.1, 0.15) is 0 Å². The molecule has 2 rings (SSSR count). The summed E-state index contributed by atoms with van der Waals surface area (Å²) in [6.07, 6.45) is 0. The van der Waals surface area contributed by atoms with Gasteiger partial charge in [0.2, 0.25) is 0 Å². The van der Waals surface area contributed by atoms with Crippen molar-refractivity contribution in [1.82, 2.24) is 5.32 Å². The highest BCUT2D eigenvalue weighted by atomic mass is 16.3. The van der Waals surface area contributed by atoms with E-state index in [1.54, 1.807) is 12.1 Å². The van der Waals surface area contributed by atoms with Gasteiger partial charge in [-0.1, -0.05) is 12.1 Å². The number of hydrogen-bond donors (Lipinski definition) is 5. The third-order valence-electron chi connectivity index (χ3n) is 2.78. The maximum Gasteiger partial charge on any atom is 0.251 e. The second-order valence-electron chi connectivity index (χ2n) is 4.17. The molecule has 0 aliphatic rings. The molecule has 0 aromatic heterocycles. The monoisotopic (exact) mass is 275 g/mol. The number of aromatic hydroxyl groups is 4. The van der Waals surface area contributed by atoms with E-state index in [-0.39, 0.29) is 29.4 Å². The van der Waals surface area contributed by atoms with Crippen LogP contribution in [0.2, 0.25) is 0 Å². The van der Waals surface area contributed by atoms with Gasteiger partial charge in [-0.15, -0.1) is 0 Å². The molecule has 2 aromatic rings. The lowest BCUT2D eigenvalue weighted by molar-refractivity contribution is 0.0950. The predicted octanol–water partition coefficient (Wildman–Crippen LogP) is 1.44. The smallest absolute Gasteiger partial charge is 0.251 e. The Hall–Kier alpha value is -2.89. The van der Waals surface area contributed by atoms with Crippen LogP contribution in [0.1, 0.15) is 15.9 Å². The number of nitrogens with one attached hydrogen (secondary N) is 1. The van der Waals surface area contributed by atoms with Crippen LogP contribution in [0.5, 0.6) is 23.0 Å². The lowest BCUT2D eigenvalue weighted by Gasteiger charge is -2.08. The second-order valence-corrected chi connectivity index (χ2v) is 4.17. The summed E-state index contributed by atoms with van der Waals surface area (Å²) in [7, 11) is 0. The molecule has 0 radical (unpaired) electrons. The fourth-order valence-electron chi connectivity index (χ4n) is 1.66. The van der Waals surface area contributed by atoms with Gasteiger partial charge in [-0.2, -0.15) is 0 Å². The van der Waals surface area contributed by atoms with Crippen LogP contribution in [-0.4, -0.2) is 26.3 Å². The SMILES string of the molecule is O=C(NCc1cccc(O)c1O)c1ccc(O)c(O)c1. The fraction of sp³-hybridized carbons (Fsp3) is 0.0714. The molecule has 0 aliphatic carbocycles. The van der Waals surface area contributed by atoms with E-state index in [2.05, 4.69) is 5.32 Å². The van der Waals surface area contributed by atoms with Gasteiger partial charge in [-0.05, 0) is 24.3 Å². The Morgan fingerprint density at radius 3 is 2.40 bits per heavy atom. The molecule has 0 bridgehead atoms. The van der Waals surface area contributed by atoms with Gasteiger partial charge in [-0.25, -0.2) is 0 Å². The number of para-hydroxylation sites is 1. The average Bonchev–Trinajstić information content (AvgIpc) is 2.43. The summed E-state index contributed by atoms with van der Waals surface area (Å²) in [4.78, 5) is 11.8. The van der Waals surface area contributed by atoms with Crippen LogP contribution in [0.15, 0.2) is 36.4 Å². The Bertz CT molecular complexity index is 654. The number of amides is 1. The minimum Gasteiger partial charge on any atom is -0.504 e. The largest absolute Gasteiger partial charge is 0.504 e. The molecule has 20 heavy (non-hydrogen) atoms. The summed E-state index contributed by atoms with van der Waals surface area (Å²) in [5, 5.41) is 39.9. The molecule has 1 amide bonds. The van der Waals surface area contributed by atoms with E-state index in [1.807, 2.05) is 0 Å². The molecule has 0 fully saturated rings. The lowest BCUT2D eigenvalue weighted by atomic mass is 10.1. The fourth-order valence-corrected chi connectivity index (χ4v) is 1.66. The van der Waals surface area contributed by atoms with Gasteiger partial charge < -0.3 is 25.7 Å². The summed E-state index contributed by atoms with van der Waals surface area (Å²) in [5.41, 5.74) is 0.529. The maximum atomic E-state index is 11.8. The van der Waals surface area contributed by atoms with Gasteiger partial charge in [-0.3, -0.25) is 4.79 Å². The Kier molecular flexibility index (Phi) is 3.65. The first-order valence-electron chi connectivity index (χ1n) is 5.79. The molecular weight excluding hydrogens is 262 g/mol. The van der Waals surface area contributed by atoms with E-state index in [0.717, 1.165) is 6.07 Å². The van der Waals surface area contributed by atoms with E-state index >= 15 is 0 Å². The quantitative estimate of drug-likeness (QED) is 0.544. The lowest BCUT2D eigenvalue weighted by Crippen LogP contribution is -2.22. The number of benzene rings is 2. The molecular formula is C14H13NO5. The van der Waals surface area contributed by atoms with Gasteiger partial charge in [0, 0.05) is 17.7 Å². The first-order chi connectivity index (χ1) is 9.49. The molecule has 0 saturated carbocycles. The Morgan fingerprint density at radius 2 is 1.70 bits per heavy atom. The Morgan fingerprint density at radius 1 is 0.950 bits per heavy atom. The summed E-state index contributed by atoms with van der Waals surface area (Å²) < 4.78 is 0. The van der Waals surface area contributed by atoms with Crippen LogP contribution in [0, 0.1) is 0 Å². The summed E-state index contributed by atoms with van der Waals surface area (Å²) in [5.74, 6) is -1.74. The van der Waals surface area contributed by atoms with Crippen molar-refractivity contribution in [3.8, 4) is 23.0 Å². The topological polar surface area (TPSA) is 110 Å². The third kappa shape index (κ3) is 2.74. The van der Waals surface area contributed by atoms with Crippen LogP contribution >= 0.6 is 0 Å². The van der Waals surface area contributed by atoms with E-state index in [9.17, 15) is 20.1 Å². The van der Waals surface area contributed by atoms with Gasteiger partial charge >= 0.3 is 0 Å². The molecule has 2 aromatic carbocycles. The number of carbonyl (C=O) groups is 1. The van der Waals surface area contributed by atoms with Crippen LogP contribution in [0.4, 0.5) is 0 Å². The van der Waals surface area contributed by atoms with Gasteiger partial charge in [0.25, 0.3) is 5.91 Å². The highest BCUT2D eigenvalue weighted by Gasteiger charge is 2.10. The standard InChI is InChI=1S/C14H13NO5/c16-10-5-4-8(6-12(10)18)14(20)15-7-9-2-1-3-11(17)13(9)19/h1-6,16-19H,7H2,(H,15,20). The van der Waals surface area contributed by atoms with Crippen molar-refractivity contribution in [3.05, 3.63) is 47.5 Å².